The van der Waals surface area contributed by atoms with Crippen molar-refractivity contribution in [2.75, 3.05) is 12.4 Å². The van der Waals surface area contributed by atoms with Gasteiger partial charge in [-0.25, -0.2) is 9.59 Å². The number of methoxy groups -OCH3 is 1. The number of aromatic carboxylic acids is 1. The molecule has 1 unspecified atom stereocenters. The van der Waals surface area contributed by atoms with Gasteiger partial charge in [0.15, 0.2) is 11.5 Å². The summed E-state index contributed by atoms with van der Waals surface area (Å²) in [4.78, 5) is 23.4. The third-order valence-electron chi connectivity index (χ3n) is 4.28. The van der Waals surface area contributed by atoms with Crippen LogP contribution in [0.3, 0.4) is 0 Å². The van der Waals surface area contributed by atoms with E-state index in [1.807, 2.05) is 0 Å². The van der Waals surface area contributed by atoms with Crippen molar-refractivity contribution in [2.45, 2.75) is 12.1 Å². The van der Waals surface area contributed by atoms with Crippen molar-refractivity contribution < 1.29 is 28.9 Å². The molecule has 0 saturated carbocycles. The van der Waals surface area contributed by atoms with Crippen LogP contribution in [-0.2, 0) is 11.3 Å². The first-order chi connectivity index (χ1) is 15.4. The Morgan fingerprint density at radius 2 is 1.78 bits per heavy atom. The van der Waals surface area contributed by atoms with Crippen molar-refractivity contribution in [2.24, 2.45) is 0 Å². The first kappa shape index (κ1) is 23.2. The smallest absolute Gasteiger partial charge is 0.368 e. The monoisotopic (exact) mass is 475 g/mol. The van der Waals surface area contributed by atoms with Crippen LogP contribution in [0.5, 0.6) is 17.2 Å². The van der Waals surface area contributed by atoms with Gasteiger partial charge in [0.2, 0.25) is 0 Å². The molecule has 0 fully saturated rings. The molecular weight excluding hydrogens is 457 g/mol. The molecule has 0 aromatic heterocycles. The number of carboxylic acids is 1. The molecule has 9 heteroatoms. The molecule has 0 heterocycles. The van der Waals surface area contributed by atoms with Gasteiger partial charge in [0.25, 0.3) is 5.56 Å². The summed E-state index contributed by atoms with van der Waals surface area (Å²) in [5, 5.41) is 12.8. The van der Waals surface area contributed by atoms with Crippen LogP contribution in [0, 0.1) is 0 Å². The fraction of sp³-hybridized carbons (Fsp3) is 0.130. The van der Waals surface area contributed by atoms with Gasteiger partial charge in [-0.05, 0) is 60.2 Å². The molecule has 0 bridgehead atoms. The summed E-state index contributed by atoms with van der Waals surface area (Å²) in [6, 6.07) is 17.9. The molecule has 0 saturated heterocycles. The van der Waals surface area contributed by atoms with Crippen LogP contribution < -0.4 is 19.5 Å². The van der Waals surface area contributed by atoms with Gasteiger partial charge in [-0.2, -0.15) is 0 Å². The zero-order valence-electron chi connectivity index (χ0n) is 16.9. The van der Waals surface area contributed by atoms with E-state index in [2.05, 4.69) is 5.32 Å². The first-order valence-electron chi connectivity index (χ1n) is 9.38. The predicted molar refractivity (Wildman–Crippen MR) is 121 cm³/mol. The molecule has 3 rings (SSSR count). The number of esters is 1. The summed E-state index contributed by atoms with van der Waals surface area (Å²) in [6.07, 6.45) is 0. The lowest BCUT2D eigenvalue weighted by molar-refractivity contribution is -0.138. The maximum Gasteiger partial charge on any atom is 0.368 e. The number of carboxylic acid groups (broad SMARTS) is 1. The Morgan fingerprint density at radius 3 is 2.47 bits per heavy atom. The average Bonchev–Trinajstić information content (AvgIpc) is 2.79. The van der Waals surface area contributed by atoms with Gasteiger partial charge >= 0.3 is 11.9 Å². The third kappa shape index (κ3) is 6.29. The summed E-state index contributed by atoms with van der Waals surface area (Å²) >= 11 is 11.8. The fourth-order valence-corrected chi connectivity index (χ4v) is 2.98. The van der Waals surface area contributed by atoms with Crippen LogP contribution in [-0.4, -0.2) is 29.7 Å². The van der Waals surface area contributed by atoms with E-state index in [1.165, 1.54) is 19.2 Å². The molecule has 166 valence electrons. The number of anilines is 1. The van der Waals surface area contributed by atoms with Crippen molar-refractivity contribution in [3.63, 3.8) is 0 Å². The molecule has 0 aliphatic rings. The maximum absolute atomic E-state index is 12.3. The highest BCUT2D eigenvalue weighted by molar-refractivity contribution is 6.30. The van der Waals surface area contributed by atoms with Crippen molar-refractivity contribution in [3.8, 4) is 17.2 Å². The summed E-state index contributed by atoms with van der Waals surface area (Å²) in [6.45, 7) is 0.394. The summed E-state index contributed by atoms with van der Waals surface area (Å²) < 4.78 is 16.0. The van der Waals surface area contributed by atoms with Gasteiger partial charge < -0.3 is 24.6 Å². The number of carbonyl (C=O) groups is 2. The lowest BCUT2D eigenvalue weighted by Gasteiger charge is -2.15. The van der Waals surface area contributed by atoms with E-state index in [9.17, 15) is 9.59 Å². The lowest BCUT2D eigenvalue weighted by atomic mass is 10.1. The SMILES string of the molecule is COc1cc(CNc2cccc(C(=O)O)c2)ccc1OC(=O)C(Cl)Oc1ccc(Cl)cc1. The van der Waals surface area contributed by atoms with Crippen molar-refractivity contribution in [3.05, 3.63) is 82.9 Å². The second-order valence-electron chi connectivity index (χ2n) is 6.53. The molecule has 0 aliphatic heterocycles. The highest BCUT2D eigenvalue weighted by atomic mass is 35.5. The van der Waals surface area contributed by atoms with Crippen molar-refractivity contribution in [1.82, 2.24) is 0 Å². The Balaban J connectivity index is 1.63. The lowest BCUT2D eigenvalue weighted by Crippen LogP contribution is -2.26. The summed E-state index contributed by atoms with van der Waals surface area (Å²) in [5.41, 5.74) is 0.293. The van der Waals surface area contributed by atoms with Crippen LogP contribution in [0.1, 0.15) is 15.9 Å². The van der Waals surface area contributed by atoms with Crippen LogP contribution in [0.4, 0.5) is 5.69 Å². The summed E-state index contributed by atoms with van der Waals surface area (Å²) in [7, 11) is 1.45. The number of carbonyl (C=O) groups excluding carboxylic acids is 1. The van der Waals surface area contributed by atoms with E-state index in [0.29, 0.717) is 28.8 Å². The van der Waals surface area contributed by atoms with Gasteiger partial charge in [0, 0.05) is 17.3 Å². The predicted octanol–water partition coefficient (Wildman–Crippen LogP) is 5.21. The molecule has 2 N–H and O–H groups in total. The van der Waals surface area contributed by atoms with Crippen molar-refractivity contribution >= 4 is 40.8 Å². The number of ether oxygens (including phenoxy) is 3. The number of rotatable bonds is 9. The Kier molecular flexibility index (Phi) is 7.81. The van der Waals surface area contributed by atoms with Gasteiger partial charge in [0.05, 0.1) is 12.7 Å². The number of hydrogen-bond donors (Lipinski definition) is 2. The molecule has 32 heavy (non-hydrogen) atoms. The van der Waals surface area contributed by atoms with Gasteiger partial charge in [-0.3, -0.25) is 0 Å². The fourth-order valence-electron chi connectivity index (χ4n) is 2.71. The van der Waals surface area contributed by atoms with E-state index in [1.54, 1.807) is 54.6 Å². The number of nitrogens with one attached hydrogen (secondary N) is 1. The topological polar surface area (TPSA) is 94.1 Å². The van der Waals surface area contributed by atoms with Gasteiger partial charge in [-0.1, -0.05) is 35.3 Å². The highest BCUT2D eigenvalue weighted by Gasteiger charge is 2.21. The van der Waals surface area contributed by atoms with Crippen LogP contribution in [0.2, 0.25) is 5.02 Å². The minimum atomic E-state index is -1.37. The zero-order chi connectivity index (χ0) is 23.1. The Morgan fingerprint density at radius 1 is 1.03 bits per heavy atom. The maximum atomic E-state index is 12.3. The Bertz CT molecular complexity index is 1100. The number of hydrogen-bond acceptors (Lipinski definition) is 6. The van der Waals surface area contributed by atoms with Crippen molar-refractivity contribution in [1.29, 1.82) is 0 Å². The summed E-state index contributed by atoms with van der Waals surface area (Å²) in [5.74, 6) is -0.936. The second kappa shape index (κ2) is 10.7. The molecule has 0 spiro atoms. The minimum Gasteiger partial charge on any atom is -0.493 e. The minimum absolute atomic E-state index is 0.180. The largest absolute Gasteiger partial charge is 0.493 e. The van der Waals surface area contributed by atoms with E-state index in [-0.39, 0.29) is 11.3 Å². The Labute approximate surface area is 194 Å². The first-order valence-corrected chi connectivity index (χ1v) is 10.2. The van der Waals surface area contributed by atoms with E-state index < -0.39 is 17.5 Å². The third-order valence-corrected chi connectivity index (χ3v) is 4.80. The highest BCUT2D eigenvalue weighted by Crippen LogP contribution is 2.29. The van der Waals surface area contributed by atoms with E-state index >= 15 is 0 Å². The number of halogens is 2. The molecule has 0 amide bonds. The van der Waals surface area contributed by atoms with Gasteiger partial charge in [0.1, 0.15) is 5.75 Å². The molecular formula is C23H19Cl2NO6. The van der Waals surface area contributed by atoms with Crippen LogP contribution >= 0.6 is 23.2 Å². The average molecular weight is 476 g/mol. The van der Waals surface area contributed by atoms with Gasteiger partial charge in [-0.15, -0.1) is 0 Å². The normalized spacial score (nSPS) is 11.3. The number of benzene rings is 3. The Hall–Kier alpha value is -3.42. The second-order valence-corrected chi connectivity index (χ2v) is 7.37. The zero-order valence-corrected chi connectivity index (χ0v) is 18.4. The number of alkyl halides is 1. The van der Waals surface area contributed by atoms with Crippen LogP contribution in [0.25, 0.3) is 0 Å². The molecule has 3 aromatic rings. The molecule has 7 nitrogen and oxygen atoms in total. The van der Waals surface area contributed by atoms with E-state index in [4.69, 9.17) is 42.5 Å². The van der Waals surface area contributed by atoms with Crippen LogP contribution in [0.15, 0.2) is 66.7 Å². The quantitative estimate of drug-likeness (QED) is 0.249. The molecule has 0 radical (unpaired) electrons. The molecule has 1 atom stereocenters. The molecule has 3 aromatic carbocycles. The standard InChI is InChI=1S/C23H19Cl2NO6/c1-30-20-11-14(13-26-17-4-2-3-15(12-17)22(27)28)5-10-19(20)32-23(29)21(25)31-18-8-6-16(24)7-9-18/h2-12,21,26H,13H2,1H3,(H,27,28). The molecule has 0 aliphatic carbocycles. The van der Waals surface area contributed by atoms with E-state index in [0.717, 1.165) is 5.56 Å².